The van der Waals surface area contributed by atoms with Gasteiger partial charge in [0.15, 0.2) is 5.82 Å². The van der Waals surface area contributed by atoms with Crippen molar-refractivity contribution in [1.82, 2.24) is 20.1 Å². The Labute approximate surface area is 108 Å². The maximum absolute atomic E-state index is 4.45. The smallest absolute Gasteiger partial charge is 0.153 e. The van der Waals surface area contributed by atoms with E-state index in [2.05, 4.69) is 41.4 Å². The van der Waals surface area contributed by atoms with E-state index in [9.17, 15) is 0 Å². The number of nitrogens with one attached hydrogen (secondary N) is 1. The molecule has 1 N–H and O–H groups in total. The molecule has 0 atom stereocenters. The van der Waals surface area contributed by atoms with E-state index in [-0.39, 0.29) is 0 Å². The molecule has 0 saturated carbocycles. The van der Waals surface area contributed by atoms with Gasteiger partial charge in [0.05, 0.1) is 5.69 Å². The summed E-state index contributed by atoms with van der Waals surface area (Å²) in [5, 5.41) is 7.85. The number of pyridine rings is 1. The molecule has 0 aromatic carbocycles. The van der Waals surface area contributed by atoms with Crippen LogP contribution in [0, 0.1) is 13.8 Å². The highest BCUT2D eigenvalue weighted by atomic mass is 15.3. The van der Waals surface area contributed by atoms with Crippen molar-refractivity contribution in [3.63, 3.8) is 0 Å². The predicted octanol–water partition coefficient (Wildman–Crippen LogP) is 2.38. The Morgan fingerprint density at radius 1 is 1.28 bits per heavy atom. The minimum Gasteiger partial charge on any atom is -0.310 e. The summed E-state index contributed by atoms with van der Waals surface area (Å²) in [4.78, 5) is 4.38. The summed E-state index contributed by atoms with van der Waals surface area (Å²) in [6.45, 7) is 9.17. The van der Waals surface area contributed by atoms with Gasteiger partial charge < -0.3 is 5.32 Å². The van der Waals surface area contributed by atoms with E-state index >= 15 is 0 Å². The molecule has 2 aromatic heterocycles. The number of hydrogen-bond donors (Lipinski definition) is 1. The fourth-order valence-corrected chi connectivity index (χ4v) is 1.87. The molecule has 0 unspecified atom stereocenters. The van der Waals surface area contributed by atoms with E-state index in [4.69, 9.17) is 0 Å². The van der Waals surface area contributed by atoms with Crippen molar-refractivity contribution < 1.29 is 0 Å². The maximum Gasteiger partial charge on any atom is 0.153 e. The molecule has 2 aromatic rings. The highest BCUT2D eigenvalue weighted by molar-refractivity contribution is 5.29. The molecule has 4 heteroatoms. The molecular formula is C14H20N4. The molecule has 4 nitrogen and oxygen atoms in total. The maximum atomic E-state index is 4.45. The monoisotopic (exact) mass is 244 g/mol. The Balaban J connectivity index is 2.24. The van der Waals surface area contributed by atoms with Gasteiger partial charge in [0.25, 0.3) is 0 Å². The molecule has 0 spiro atoms. The van der Waals surface area contributed by atoms with Crippen LogP contribution in [0.2, 0.25) is 0 Å². The highest BCUT2D eigenvalue weighted by Gasteiger charge is 2.05. The molecule has 0 amide bonds. The zero-order valence-electron chi connectivity index (χ0n) is 11.4. The molecule has 0 bridgehead atoms. The summed E-state index contributed by atoms with van der Waals surface area (Å²) in [5.41, 5.74) is 3.34. The number of aromatic nitrogens is 3. The minimum atomic E-state index is 0.482. The van der Waals surface area contributed by atoms with Gasteiger partial charge in [-0.25, -0.2) is 9.67 Å². The molecule has 0 fully saturated rings. The zero-order valence-corrected chi connectivity index (χ0v) is 11.4. The van der Waals surface area contributed by atoms with Gasteiger partial charge >= 0.3 is 0 Å². The van der Waals surface area contributed by atoms with E-state index in [0.29, 0.717) is 6.04 Å². The van der Waals surface area contributed by atoms with Gasteiger partial charge in [0.2, 0.25) is 0 Å². The van der Waals surface area contributed by atoms with Crippen LogP contribution in [0.3, 0.4) is 0 Å². The third-order valence-electron chi connectivity index (χ3n) is 2.75. The molecule has 0 aliphatic rings. The SMILES string of the molecule is Cc1cc(C)n(-c2cc(CNC(C)C)ccn2)n1. The van der Waals surface area contributed by atoms with Crippen LogP contribution in [0.25, 0.3) is 5.82 Å². The Bertz CT molecular complexity index is 528. The molecule has 2 rings (SSSR count). The summed E-state index contributed by atoms with van der Waals surface area (Å²) >= 11 is 0. The summed E-state index contributed by atoms with van der Waals surface area (Å²) in [6, 6.07) is 6.65. The standard InChI is InChI=1S/C14H20N4/c1-10(2)16-9-13-5-6-15-14(8-13)18-12(4)7-11(3)17-18/h5-8,10,16H,9H2,1-4H3. The van der Waals surface area contributed by atoms with Crippen molar-refractivity contribution in [2.75, 3.05) is 0 Å². The number of nitrogens with zero attached hydrogens (tertiary/aromatic N) is 3. The molecular weight excluding hydrogens is 224 g/mol. The molecule has 18 heavy (non-hydrogen) atoms. The van der Waals surface area contributed by atoms with Crippen molar-refractivity contribution >= 4 is 0 Å². The average molecular weight is 244 g/mol. The van der Waals surface area contributed by atoms with Crippen LogP contribution >= 0.6 is 0 Å². The van der Waals surface area contributed by atoms with E-state index in [1.54, 1.807) is 0 Å². The van der Waals surface area contributed by atoms with Crippen LogP contribution in [-0.4, -0.2) is 20.8 Å². The second-order valence-electron chi connectivity index (χ2n) is 4.90. The first-order valence-electron chi connectivity index (χ1n) is 6.28. The lowest BCUT2D eigenvalue weighted by atomic mass is 10.2. The quantitative estimate of drug-likeness (QED) is 0.898. The molecule has 2 heterocycles. The first kappa shape index (κ1) is 12.8. The second kappa shape index (κ2) is 5.31. The third-order valence-corrected chi connectivity index (χ3v) is 2.75. The van der Waals surface area contributed by atoms with Crippen molar-refractivity contribution in [2.45, 2.75) is 40.3 Å². The summed E-state index contributed by atoms with van der Waals surface area (Å²) in [5.74, 6) is 0.878. The van der Waals surface area contributed by atoms with Crippen molar-refractivity contribution in [3.05, 3.63) is 41.3 Å². The van der Waals surface area contributed by atoms with Crippen molar-refractivity contribution in [2.24, 2.45) is 0 Å². The van der Waals surface area contributed by atoms with Crippen molar-refractivity contribution in [3.8, 4) is 5.82 Å². The van der Waals surface area contributed by atoms with Crippen LogP contribution in [0.4, 0.5) is 0 Å². The lowest BCUT2D eigenvalue weighted by molar-refractivity contribution is 0.588. The van der Waals surface area contributed by atoms with Gasteiger partial charge in [-0.05, 0) is 37.6 Å². The molecule has 0 saturated heterocycles. The summed E-state index contributed by atoms with van der Waals surface area (Å²) < 4.78 is 1.88. The van der Waals surface area contributed by atoms with Gasteiger partial charge in [0.1, 0.15) is 0 Å². The van der Waals surface area contributed by atoms with E-state index in [0.717, 1.165) is 23.8 Å². The number of hydrogen-bond acceptors (Lipinski definition) is 3. The third kappa shape index (κ3) is 2.96. The Morgan fingerprint density at radius 2 is 2.06 bits per heavy atom. The molecule has 0 radical (unpaired) electrons. The van der Waals surface area contributed by atoms with Gasteiger partial charge in [0, 0.05) is 24.5 Å². The number of rotatable bonds is 4. The average Bonchev–Trinajstić information content (AvgIpc) is 2.66. The minimum absolute atomic E-state index is 0.482. The Hall–Kier alpha value is -1.68. The largest absolute Gasteiger partial charge is 0.310 e. The number of aryl methyl sites for hydroxylation is 2. The second-order valence-corrected chi connectivity index (χ2v) is 4.90. The lowest BCUT2D eigenvalue weighted by Crippen LogP contribution is -2.22. The van der Waals surface area contributed by atoms with Gasteiger partial charge in [-0.15, -0.1) is 0 Å². The van der Waals surface area contributed by atoms with Gasteiger partial charge in [-0.2, -0.15) is 5.10 Å². The Morgan fingerprint density at radius 3 is 2.67 bits per heavy atom. The molecule has 0 aliphatic carbocycles. The Kier molecular flexibility index (Phi) is 3.77. The fourth-order valence-electron chi connectivity index (χ4n) is 1.87. The first-order valence-corrected chi connectivity index (χ1v) is 6.28. The zero-order chi connectivity index (χ0) is 13.1. The molecule has 0 aliphatic heterocycles. The molecule has 96 valence electrons. The first-order chi connectivity index (χ1) is 8.56. The van der Waals surface area contributed by atoms with Crippen LogP contribution < -0.4 is 5.32 Å². The fraction of sp³-hybridized carbons (Fsp3) is 0.429. The highest BCUT2D eigenvalue weighted by Crippen LogP contribution is 2.11. The van der Waals surface area contributed by atoms with Crippen LogP contribution in [-0.2, 0) is 6.54 Å². The van der Waals surface area contributed by atoms with E-state index < -0.39 is 0 Å². The van der Waals surface area contributed by atoms with E-state index in [1.165, 1.54) is 5.56 Å². The van der Waals surface area contributed by atoms with E-state index in [1.807, 2.05) is 30.8 Å². The predicted molar refractivity (Wildman–Crippen MR) is 72.8 cm³/mol. The van der Waals surface area contributed by atoms with Gasteiger partial charge in [-0.1, -0.05) is 13.8 Å². The van der Waals surface area contributed by atoms with Crippen LogP contribution in [0.5, 0.6) is 0 Å². The van der Waals surface area contributed by atoms with Crippen LogP contribution in [0.15, 0.2) is 24.4 Å². The summed E-state index contributed by atoms with van der Waals surface area (Å²) in [6.07, 6.45) is 1.84. The van der Waals surface area contributed by atoms with Gasteiger partial charge in [-0.3, -0.25) is 0 Å². The normalized spacial score (nSPS) is 11.2. The summed E-state index contributed by atoms with van der Waals surface area (Å²) in [7, 11) is 0. The topological polar surface area (TPSA) is 42.7 Å². The van der Waals surface area contributed by atoms with Crippen molar-refractivity contribution in [1.29, 1.82) is 0 Å². The lowest BCUT2D eigenvalue weighted by Gasteiger charge is -2.09. The van der Waals surface area contributed by atoms with Crippen LogP contribution in [0.1, 0.15) is 30.8 Å².